The molecule has 0 heterocycles. The average Bonchev–Trinajstić information content (AvgIpc) is 2.35. The molecule has 1 aromatic carbocycles. The molecular weight excluding hydrogens is 281 g/mol. The topological polar surface area (TPSA) is 87.0 Å². The third-order valence-corrected chi connectivity index (χ3v) is 2.62. The molecule has 5 nitrogen and oxygen atoms in total. The van der Waals surface area contributed by atoms with Crippen molar-refractivity contribution in [3.63, 3.8) is 0 Å². The zero-order chi connectivity index (χ0) is 15.5. The summed E-state index contributed by atoms with van der Waals surface area (Å²) < 4.78 is 42.5. The molecule has 112 valence electrons. The normalized spacial score (nSPS) is 14.7. The molecule has 0 aliphatic heterocycles. The first-order valence-electron chi connectivity index (χ1n) is 5.50. The maximum absolute atomic E-state index is 12.6. The molecule has 2 atom stereocenters. The standard InChI is InChI=1S/C12H13F3O5/c1-20-9-4-6(2-3-7(9)12(13,14)15)11(19)8(16)5-10(17)18/h2-4,8,11,16,19H,5H2,1H3,(H,17,18). The predicted molar refractivity (Wildman–Crippen MR) is 61.2 cm³/mol. The van der Waals surface area contributed by atoms with Crippen molar-refractivity contribution in [2.24, 2.45) is 0 Å². The fraction of sp³-hybridized carbons (Fsp3) is 0.417. The number of aliphatic hydroxyl groups is 2. The Hall–Kier alpha value is -1.80. The molecule has 0 spiro atoms. The van der Waals surface area contributed by atoms with Gasteiger partial charge in [0.25, 0.3) is 0 Å². The van der Waals surface area contributed by atoms with Crippen LogP contribution < -0.4 is 4.74 Å². The molecule has 2 unspecified atom stereocenters. The number of carboxylic acid groups (broad SMARTS) is 1. The van der Waals surface area contributed by atoms with Gasteiger partial charge in [0.2, 0.25) is 0 Å². The van der Waals surface area contributed by atoms with Crippen LogP contribution in [-0.2, 0) is 11.0 Å². The van der Waals surface area contributed by atoms with Crippen molar-refractivity contribution in [3.05, 3.63) is 29.3 Å². The van der Waals surface area contributed by atoms with Crippen LogP contribution in [0.5, 0.6) is 5.75 Å². The Morgan fingerprint density at radius 1 is 1.35 bits per heavy atom. The first-order chi connectivity index (χ1) is 9.16. The smallest absolute Gasteiger partial charge is 0.419 e. The number of aliphatic hydroxyl groups excluding tert-OH is 2. The number of halogens is 3. The number of carbonyl (C=O) groups is 1. The van der Waals surface area contributed by atoms with E-state index in [0.29, 0.717) is 6.07 Å². The Morgan fingerprint density at radius 3 is 2.40 bits per heavy atom. The molecule has 3 N–H and O–H groups in total. The van der Waals surface area contributed by atoms with Crippen molar-refractivity contribution in [3.8, 4) is 5.75 Å². The number of ether oxygens (including phenoxy) is 1. The third-order valence-electron chi connectivity index (χ3n) is 2.62. The summed E-state index contributed by atoms with van der Waals surface area (Å²) in [5.41, 5.74) is -1.09. The van der Waals surface area contributed by atoms with E-state index in [-0.39, 0.29) is 5.56 Å². The van der Waals surface area contributed by atoms with Crippen LogP contribution >= 0.6 is 0 Å². The number of hydrogen-bond donors (Lipinski definition) is 3. The minimum absolute atomic E-state index is 0.0661. The highest BCUT2D eigenvalue weighted by Gasteiger charge is 2.35. The molecule has 1 aromatic rings. The van der Waals surface area contributed by atoms with Gasteiger partial charge in [0.15, 0.2) is 0 Å². The fourth-order valence-electron chi connectivity index (χ4n) is 1.64. The number of hydrogen-bond acceptors (Lipinski definition) is 4. The lowest BCUT2D eigenvalue weighted by molar-refractivity contribution is -0.141. The lowest BCUT2D eigenvalue weighted by atomic mass is 10.00. The van der Waals surface area contributed by atoms with Gasteiger partial charge in [0.05, 0.1) is 25.2 Å². The van der Waals surface area contributed by atoms with Crippen LogP contribution in [0.3, 0.4) is 0 Å². The van der Waals surface area contributed by atoms with E-state index in [2.05, 4.69) is 4.74 Å². The summed E-state index contributed by atoms with van der Waals surface area (Å²) in [4.78, 5) is 10.4. The van der Waals surface area contributed by atoms with Crippen molar-refractivity contribution < 1.29 is 38.0 Å². The van der Waals surface area contributed by atoms with Crippen LogP contribution in [-0.4, -0.2) is 34.5 Å². The van der Waals surface area contributed by atoms with E-state index in [1.807, 2.05) is 0 Å². The average molecular weight is 294 g/mol. The molecule has 0 amide bonds. The highest BCUT2D eigenvalue weighted by Crippen LogP contribution is 2.37. The summed E-state index contributed by atoms with van der Waals surface area (Å²) in [7, 11) is 1.04. The van der Waals surface area contributed by atoms with Crippen molar-refractivity contribution >= 4 is 5.97 Å². The molecule has 0 aliphatic rings. The van der Waals surface area contributed by atoms with E-state index in [1.165, 1.54) is 0 Å². The van der Waals surface area contributed by atoms with Gasteiger partial charge in [0, 0.05) is 0 Å². The van der Waals surface area contributed by atoms with E-state index in [0.717, 1.165) is 19.2 Å². The molecular formula is C12H13F3O5. The van der Waals surface area contributed by atoms with Gasteiger partial charge >= 0.3 is 12.1 Å². The highest BCUT2D eigenvalue weighted by molar-refractivity contribution is 5.67. The van der Waals surface area contributed by atoms with Crippen molar-refractivity contribution in [2.75, 3.05) is 7.11 Å². The lowest BCUT2D eigenvalue weighted by Gasteiger charge is -2.19. The van der Waals surface area contributed by atoms with E-state index in [4.69, 9.17) is 5.11 Å². The zero-order valence-corrected chi connectivity index (χ0v) is 10.4. The quantitative estimate of drug-likeness (QED) is 0.767. The number of benzene rings is 1. The Bertz CT molecular complexity index is 486. The van der Waals surface area contributed by atoms with E-state index < -0.39 is 42.1 Å². The van der Waals surface area contributed by atoms with Crippen LogP contribution in [0.2, 0.25) is 0 Å². The minimum atomic E-state index is -4.62. The number of alkyl halides is 3. The van der Waals surface area contributed by atoms with Gasteiger partial charge in [-0.15, -0.1) is 0 Å². The second kappa shape index (κ2) is 6.10. The Labute approximate surface area is 112 Å². The summed E-state index contributed by atoms with van der Waals surface area (Å²) in [5.74, 6) is -1.85. The zero-order valence-electron chi connectivity index (χ0n) is 10.4. The number of carboxylic acids is 1. The van der Waals surface area contributed by atoms with E-state index in [1.54, 1.807) is 0 Å². The monoisotopic (exact) mass is 294 g/mol. The second-order valence-electron chi connectivity index (χ2n) is 4.07. The SMILES string of the molecule is COc1cc(C(O)C(O)CC(=O)O)ccc1C(F)(F)F. The highest BCUT2D eigenvalue weighted by atomic mass is 19.4. The van der Waals surface area contributed by atoms with Gasteiger partial charge < -0.3 is 20.1 Å². The maximum atomic E-state index is 12.6. The van der Waals surface area contributed by atoms with Crippen LogP contribution in [0.4, 0.5) is 13.2 Å². The van der Waals surface area contributed by atoms with Crippen molar-refractivity contribution in [1.82, 2.24) is 0 Å². The van der Waals surface area contributed by atoms with Gasteiger partial charge in [-0.2, -0.15) is 13.2 Å². The molecule has 0 fully saturated rings. The second-order valence-corrected chi connectivity index (χ2v) is 4.07. The third kappa shape index (κ3) is 3.84. The molecule has 8 heteroatoms. The summed E-state index contributed by atoms with van der Waals surface area (Å²) in [6.45, 7) is 0. The van der Waals surface area contributed by atoms with Crippen LogP contribution in [0.1, 0.15) is 23.7 Å². The van der Waals surface area contributed by atoms with Crippen molar-refractivity contribution in [1.29, 1.82) is 0 Å². The first kappa shape index (κ1) is 16.3. The molecule has 0 saturated heterocycles. The summed E-state index contributed by atoms with van der Waals surface area (Å²) in [6, 6.07) is 2.57. The van der Waals surface area contributed by atoms with Gasteiger partial charge in [-0.3, -0.25) is 4.79 Å². The van der Waals surface area contributed by atoms with Gasteiger partial charge in [0.1, 0.15) is 11.9 Å². The molecule has 20 heavy (non-hydrogen) atoms. The molecule has 0 radical (unpaired) electrons. The fourth-order valence-corrected chi connectivity index (χ4v) is 1.64. The van der Waals surface area contributed by atoms with E-state index >= 15 is 0 Å². The molecule has 1 rings (SSSR count). The maximum Gasteiger partial charge on any atom is 0.419 e. The van der Waals surface area contributed by atoms with Crippen molar-refractivity contribution in [2.45, 2.75) is 24.8 Å². The van der Waals surface area contributed by atoms with Crippen LogP contribution in [0.15, 0.2) is 18.2 Å². The molecule has 0 bridgehead atoms. The molecule has 0 aliphatic carbocycles. The largest absolute Gasteiger partial charge is 0.496 e. The molecule has 0 saturated carbocycles. The summed E-state index contributed by atoms with van der Waals surface area (Å²) >= 11 is 0. The summed E-state index contributed by atoms with van der Waals surface area (Å²) in [6.07, 6.45) is -8.60. The number of rotatable bonds is 5. The lowest BCUT2D eigenvalue weighted by Crippen LogP contribution is -2.22. The minimum Gasteiger partial charge on any atom is -0.496 e. The van der Waals surface area contributed by atoms with Gasteiger partial charge in [-0.05, 0) is 17.7 Å². The van der Waals surface area contributed by atoms with Gasteiger partial charge in [-0.1, -0.05) is 6.07 Å². The number of aliphatic carboxylic acids is 1. The Morgan fingerprint density at radius 2 is 1.95 bits per heavy atom. The summed E-state index contributed by atoms with van der Waals surface area (Å²) in [5, 5.41) is 27.6. The Balaban J connectivity index is 3.06. The van der Waals surface area contributed by atoms with E-state index in [9.17, 15) is 28.2 Å². The van der Waals surface area contributed by atoms with Crippen LogP contribution in [0, 0.1) is 0 Å². The first-order valence-corrected chi connectivity index (χ1v) is 5.50. The molecule has 0 aromatic heterocycles. The van der Waals surface area contributed by atoms with Crippen LogP contribution in [0.25, 0.3) is 0 Å². The Kier molecular flexibility index (Phi) is 4.96. The predicted octanol–water partition coefficient (Wildman–Crippen LogP) is 1.58. The number of methoxy groups -OCH3 is 1. The van der Waals surface area contributed by atoms with Gasteiger partial charge in [-0.25, -0.2) is 0 Å².